The first-order valence-electron chi connectivity index (χ1n) is 10.2. The van der Waals surface area contributed by atoms with E-state index in [0.29, 0.717) is 17.7 Å². The van der Waals surface area contributed by atoms with E-state index >= 15 is 0 Å². The van der Waals surface area contributed by atoms with Gasteiger partial charge in [-0.05, 0) is 64.8 Å². The van der Waals surface area contributed by atoms with E-state index in [1.165, 1.54) is 19.3 Å². The Kier molecular flexibility index (Phi) is 10.8. The van der Waals surface area contributed by atoms with Crippen molar-refractivity contribution in [2.75, 3.05) is 23.8 Å². The Morgan fingerprint density at radius 3 is 2.83 bits per heavy atom. The van der Waals surface area contributed by atoms with Crippen molar-refractivity contribution in [3.8, 4) is 0 Å². The largest absolute Gasteiger partial charge is 0.394 e. The minimum Gasteiger partial charge on any atom is -0.394 e. The number of halogens is 1. The van der Waals surface area contributed by atoms with Crippen LogP contribution in [0.4, 0.5) is 17.5 Å². The van der Waals surface area contributed by atoms with E-state index in [1.54, 1.807) is 18.1 Å². The highest BCUT2D eigenvalue weighted by Gasteiger charge is 2.10. The van der Waals surface area contributed by atoms with Crippen molar-refractivity contribution in [2.45, 2.75) is 57.4 Å². The Bertz CT molecular complexity index is 745. The maximum atomic E-state index is 9.42. The number of anilines is 3. The quantitative estimate of drug-likeness (QED) is 0.277. The molecule has 0 saturated heterocycles. The lowest BCUT2D eigenvalue weighted by Gasteiger charge is -2.16. The fourth-order valence-corrected chi connectivity index (χ4v) is 3.86. The molecule has 6 nitrogen and oxygen atoms in total. The fraction of sp³-hybridized carbons (Fsp3) is 0.524. The molecule has 0 amide bonds. The smallest absolute Gasteiger partial charge is 0.229 e. The molecule has 0 spiro atoms. The van der Waals surface area contributed by atoms with Gasteiger partial charge in [-0.2, -0.15) is 4.98 Å². The molecule has 29 heavy (non-hydrogen) atoms. The Balaban J connectivity index is 1.95. The Hall–Kier alpha value is -1.35. The molecule has 4 N–H and O–H groups in total. The zero-order valence-corrected chi connectivity index (χ0v) is 19.8. The van der Waals surface area contributed by atoms with Crippen LogP contribution in [0.3, 0.4) is 0 Å². The number of nitrogens with zero attached hydrogens (tertiary/aromatic N) is 2. The predicted molar refractivity (Wildman–Crippen MR) is 127 cm³/mol. The molecule has 2 rings (SSSR count). The van der Waals surface area contributed by atoms with Gasteiger partial charge < -0.3 is 15.7 Å². The first kappa shape index (κ1) is 23.9. The molecule has 0 radical (unpaired) electrons. The van der Waals surface area contributed by atoms with Gasteiger partial charge in [0.2, 0.25) is 5.95 Å². The second-order valence-corrected chi connectivity index (χ2v) is 8.99. The number of aliphatic hydroxyl groups excluding tert-OH is 1. The lowest BCUT2D eigenvalue weighted by Crippen LogP contribution is -2.23. The van der Waals surface area contributed by atoms with Crippen LogP contribution in [0.15, 0.2) is 39.8 Å². The van der Waals surface area contributed by atoms with E-state index in [-0.39, 0.29) is 12.6 Å². The molecule has 1 heterocycles. The minimum absolute atomic E-state index is 0.0421. The van der Waals surface area contributed by atoms with E-state index in [4.69, 9.17) is 0 Å². The van der Waals surface area contributed by atoms with Crippen LogP contribution in [0.1, 0.15) is 46.5 Å². The average molecular weight is 482 g/mol. The van der Waals surface area contributed by atoms with Crippen molar-refractivity contribution in [1.82, 2.24) is 14.7 Å². The zero-order valence-electron chi connectivity index (χ0n) is 17.4. The molecule has 0 aliphatic heterocycles. The van der Waals surface area contributed by atoms with Crippen LogP contribution in [0, 0.1) is 5.92 Å². The molecule has 0 saturated carbocycles. The summed E-state index contributed by atoms with van der Waals surface area (Å²) in [5.74, 6) is 1.85. The van der Waals surface area contributed by atoms with Crippen molar-refractivity contribution in [3.05, 3.63) is 34.9 Å². The first-order valence-corrected chi connectivity index (χ1v) is 11.8. The predicted octanol–water partition coefficient (Wildman–Crippen LogP) is 5.59. The highest BCUT2D eigenvalue weighted by molar-refractivity contribution is 9.10. The van der Waals surface area contributed by atoms with E-state index in [9.17, 15) is 5.11 Å². The molecule has 0 bridgehead atoms. The standard InChI is InChI=1S/C21H32BrN5OS/c1-4-6-8-15(3)12-24-29-18-10-7-9-17(11-18)26-21-23-13-19(22)20(27-21)25-16(5-2)14-28/h7,9-11,13,15-16,24,28H,4-6,8,12,14H2,1-3H3,(H2,23,25,26,27). The van der Waals surface area contributed by atoms with Crippen LogP contribution < -0.4 is 15.4 Å². The van der Waals surface area contributed by atoms with Crippen LogP contribution in [0.25, 0.3) is 0 Å². The Labute approximate surface area is 187 Å². The SMILES string of the molecule is CCCCC(C)CNSc1cccc(Nc2ncc(Br)c(NC(CC)CO)n2)c1. The molecule has 1 aromatic heterocycles. The number of hydrogen-bond acceptors (Lipinski definition) is 7. The van der Waals surface area contributed by atoms with Gasteiger partial charge in [-0.25, -0.2) is 4.98 Å². The van der Waals surface area contributed by atoms with Gasteiger partial charge in [0.1, 0.15) is 5.82 Å². The Morgan fingerprint density at radius 2 is 2.10 bits per heavy atom. The lowest BCUT2D eigenvalue weighted by molar-refractivity contribution is 0.271. The molecule has 0 fully saturated rings. The van der Waals surface area contributed by atoms with E-state index in [0.717, 1.165) is 28.0 Å². The highest BCUT2D eigenvalue weighted by atomic mass is 79.9. The summed E-state index contributed by atoms with van der Waals surface area (Å²) < 4.78 is 4.23. The van der Waals surface area contributed by atoms with Gasteiger partial charge in [0, 0.05) is 23.3 Å². The third-order valence-corrected chi connectivity index (χ3v) is 5.94. The molecule has 1 aromatic carbocycles. The second kappa shape index (κ2) is 13.1. The number of hydrogen-bond donors (Lipinski definition) is 4. The molecule has 2 unspecified atom stereocenters. The van der Waals surface area contributed by atoms with E-state index in [2.05, 4.69) is 67.2 Å². The van der Waals surface area contributed by atoms with Gasteiger partial charge in [0.25, 0.3) is 0 Å². The third kappa shape index (κ3) is 8.50. The van der Waals surface area contributed by atoms with Gasteiger partial charge in [0.05, 0.1) is 17.1 Å². The average Bonchev–Trinajstić information content (AvgIpc) is 2.73. The molecular formula is C21H32BrN5OS. The van der Waals surface area contributed by atoms with Gasteiger partial charge >= 0.3 is 0 Å². The number of benzene rings is 1. The van der Waals surface area contributed by atoms with Crippen LogP contribution in [0.2, 0.25) is 0 Å². The van der Waals surface area contributed by atoms with Crippen molar-refractivity contribution >= 4 is 45.3 Å². The number of rotatable bonds is 13. The lowest BCUT2D eigenvalue weighted by atomic mass is 10.1. The first-order chi connectivity index (χ1) is 14.0. The summed E-state index contributed by atoms with van der Waals surface area (Å²) in [6, 6.07) is 8.13. The molecule has 160 valence electrons. The molecule has 0 aliphatic carbocycles. The van der Waals surface area contributed by atoms with Gasteiger partial charge in [0.15, 0.2) is 0 Å². The van der Waals surface area contributed by atoms with Crippen LogP contribution in [-0.4, -0.2) is 34.3 Å². The summed E-state index contributed by atoms with van der Waals surface area (Å²) >= 11 is 5.11. The summed E-state index contributed by atoms with van der Waals surface area (Å²) in [6.07, 6.45) is 6.31. The minimum atomic E-state index is -0.0421. The van der Waals surface area contributed by atoms with Gasteiger partial charge in [-0.3, -0.25) is 4.72 Å². The van der Waals surface area contributed by atoms with Crippen LogP contribution in [0.5, 0.6) is 0 Å². The molecule has 2 atom stereocenters. The summed E-state index contributed by atoms with van der Waals surface area (Å²) in [4.78, 5) is 10.0. The summed E-state index contributed by atoms with van der Waals surface area (Å²) in [6.45, 7) is 7.59. The molecular weight excluding hydrogens is 450 g/mol. The van der Waals surface area contributed by atoms with E-state index < -0.39 is 0 Å². The monoisotopic (exact) mass is 481 g/mol. The van der Waals surface area contributed by atoms with Crippen molar-refractivity contribution < 1.29 is 5.11 Å². The molecule has 0 aliphatic rings. The Morgan fingerprint density at radius 1 is 1.28 bits per heavy atom. The summed E-state index contributed by atoms with van der Waals surface area (Å²) in [7, 11) is 0. The molecule has 2 aromatic rings. The van der Waals surface area contributed by atoms with Crippen LogP contribution in [-0.2, 0) is 0 Å². The number of unbranched alkanes of at least 4 members (excludes halogenated alkanes) is 1. The van der Waals surface area contributed by atoms with E-state index in [1.807, 2.05) is 19.1 Å². The maximum absolute atomic E-state index is 9.42. The van der Waals surface area contributed by atoms with Crippen molar-refractivity contribution in [1.29, 1.82) is 0 Å². The fourth-order valence-electron chi connectivity index (χ4n) is 2.69. The topological polar surface area (TPSA) is 82.1 Å². The number of nitrogens with one attached hydrogen (secondary N) is 3. The summed E-state index contributed by atoms with van der Waals surface area (Å²) in [5, 5.41) is 15.9. The van der Waals surface area contributed by atoms with Crippen LogP contribution >= 0.6 is 27.9 Å². The molecule has 8 heteroatoms. The zero-order chi connectivity index (χ0) is 21.1. The highest BCUT2D eigenvalue weighted by Crippen LogP contribution is 2.25. The van der Waals surface area contributed by atoms with Crippen molar-refractivity contribution in [3.63, 3.8) is 0 Å². The summed E-state index contributed by atoms with van der Waals surface area (Å²) in [5.41, 5.74) is 0.929. The third-order valence-electron chi connectivity index (χ3n) is 4.56. The number of aliphatic hydroxyl groups is 1. The van der Waals surface area contributed by atoms with Gasteiger partial charge in [-0.15, -0.1) is 0 Å². The maximum Gasteiger partial charge on any atom is 0.229 e. The van der Waals surface area contributed by atoms with Gasteiger partial charge in [-0.1, -0.05) is 39.7 Å². The van der Waals surface area contributed by atoms with Crippen molar-refractivity contribution in [2.24, 2.45) is 5.92 Å². The second-order valence-electron chi connectivity index (χ2n) is 7.17. The number of aromatic nitrogens is 2. The normalized spacial score (nSPS) is 13.1.